The molecule has 34 heavy (non-hydrogen) atoms. The van der Waals surface area contributed by atoms with E-state index in [9.17, 15) is 19.3 Å². The van der Waals surface area contributed by atoms with Crippen molar-refractivity contribution >= 4 is 35.2 Å². The number of methoxy groups -OCH3 is 1. The number of benzene rings is 3. The fourth-order valence-corrected chi connectivity index (χ4v) is 3.34. The number of nitro benzene ring substituents is 1. The van der Waals surface area contributed by atoms with E-state index in [2.05, 4.69) is 4.99 Å². The summed E-state index contributed by atoms with van der Waals surface area (Å²) >= 11 is 5.83. The number of nitro groups is 1. The van der Waals surface area contributed by atoms with Gasteiger partial charge < -0.3 is 14.2 Å². The Balaban J connectivity index is 1.56. The van der Waals surface area contributed by atoms with E-state index in [4.69, 9.17) is 25.8 Å². The van der Waals surface area contributed by atoms with E-state index < -0.39 is 10.9 Å². The molecule has 10 heteroatoms. The molecule has 0 bridgehead atoms. The van der Waals surface area contributed by atoms with Gasteiger partial charge in [0.15, 0.2) is 17.2 Å². The molecule has 0 unspecified atom stereocenters. The van der Waals surface area contributed by atoms with E-state index in [0.29, 0.717) is 22.6 Å². The number of carbonyl (C=O) groups excluding carboxylic acids is 1. The summed E-state index contributed by atoms with van der Waals surface area (Å²) in [5, 5.41) is 11.1. The van der Waals surface area contributed by atoms with Gasteiger partial charge in [0, 0.05) is 11.6 Å². The van der Waals surface area contributed by atoms with Crippen LogP contribution in [-0.4, -0.2) is 23.9 Å². The molecule has 0 spiro atoms. The second-order valence-electron chi connectivity index (χ2n) is 7.09. The summed E-state index contributed by atoms with van der Waals surface area (Å²) in [5.41, 5.74) is 1.16. The second-order valence-corrected chi connectivity index (χ2v) is 7.50. The average molecular weight is 483 g/mol. The maximum absolute atomic E-state index is 13.4. The van der Waals surface area contributed by atoms with E-state index in [-0.39, 0.29) is 40.3 Å². The van der Waals surface area contributed by atoms with Crippen LogP contribution in [0.2, 0.25) is 5.02 Å². The zero-order valence-corrected chi connectivity index (χ0v) is 18.4. The summed E-state index contributed by atoms with van der Waals surface area (Å²) in [6.45, 7) is 0.141. The van der Waals surface area contributed by atoms with Crippen molar-refractivity contribution < 1.29 is 28.3 Å². The van der Waals surface area contributed by atoms with Gasteiger partial charge in [-0.2, -0.15) is 0 Å². The van der Waals surface area contributed by atoms with E-state index >= 15 is 0 Å². The molecule has 0 saturated carbocycles. The molecule has 3 aromatic rings. The second kappa shape index (κ2) is 9.72. The van der Waals surface area contributed by atoms with Crippen molar-refractivity contribution in [1.82, 2.24) is 0 Å². The number of hydrogen-bond donors (Lipinski definition) is 0. The van der Waals surface area contributed by atoms with Gasteiger partial charge in [-0.1, -0.05) is 29.8 Å². The molecule has 0 aliphatic carbocycles. The molecule has 0 fully saturated rings. The summed E-state index contributed by atoms with van der Waals surface area (Å²) in [5.74, 6) is -0.308. The molecule has 8 nitrogen and oxygen atoms in total. The fourth-order valence-electron chi connectivity index (χ4n) is 3.16. The Kier molecular flexibility index (Phi) is 6.55. The van der Waals surface area contributed by atoms with Crippen LogP contribution >= 0.6 is 11.6 Å². The molecule has 1 aliphatic heterocycles. The molecule has 1 heterocycles. The van der Waals surface area contributed by atoms with Crippen LogP contribution in [0.15, 0.2) is 71.4 Å². The van der Waals surface area contributed by atoms with Gasteiger partial charge in [0.1, 0.15) is 17.4 Å². The Morgan fingerprint density at radius 3 is 2.71 bits per heavy atom. The topological polar surface area (TPSA) is 100 Å². The molecule has 172 valence electrons. The molecule has 1 aliphatic rings. The van der Waals surface area contributed by atoms with Crippen molar-refractivity contribution in [3.63, 3.8) is 0 Å². The number of halogens is 2. The van der Waals surface area contributed by atoms with Gasteiger partial charge >= 0.3 is 5.97 Å². The minimum Gasteiger partial charge on any atom is -0.493 e. The molecule has 0 saturated heterocycles. The predicted octanol–water partition coefficient (Wildman–Crippen LogP) is 5.32. The highest BCUT2D eigenvalue weighted by Crippen LogP contribution is 2.31. The first kappa shape index (κ1) is 22.9. The standard InChI is InChI=1S/C24H16ClFN2O6/c1-32-22-11-14(5-8-21(22)33-13-15-3-2-4-17(26)9-15)10-19-24(29)34-23(27-19)16-6-7-18(25)20(12-16)28(30)31/h2-12H,13H2,1H3/b19-10-. The Bertz CT molecular complexity index is 1360. The molecule has 4 rings (SSSR count). The number of rotatable bonds is 7. The number of hydrogen-bond acceptors (Lipinski definition) is 7. The van der Waals surface area contributed by atoms with Crippen molar-refractivity contribution in [2.75, 3.05) is 7.11 Å². The van der Waals surface area contributed by atoms with Crippen molar-refractivity contribution in [2.24, 2.45) is 4.99 Å². The molecule has 0 atom stereocenters. The number of aliphatic imine (C=N–C) groups is 1. The average Bonchev–Trinajstić information content (AvgIpc) is 3.18. The van der Waals surface area contributed by atoms with Crippen LogP contribution in [0.4, 0.5) is 10.1 Å². The lowest BCUT2D eigenvalue weighted by Crippen LogP contribution is -2.06. The molecular formula is C24H16ClFN2O6. The highest BCUT2D eigenvalue weighted by molar-refractivity contribution is 6.32. The predicted molar refractivity (Wildman–Crippen MR) is 122 cm³/mol. The maximum Gasteiger partial charge on any atom is 0.363 e. The molecule has 0 radical (unpaired) electrons. The largest absolute Gasteiger partial charge is 0.493 e. The summed E-state index contributed by atoms with van der Waals surface area (Å²) in [6.07, 6.45) is 1.48. The van der Waals surface area contributed by atoms with Gasteiger partial charge in [-0.15, -0.1) is 0 Å². The van der Waals surface area contributed by atoms with Crippen LogP contribution in [0, 0.1) is 15.9 Å². The highest BCUT2D eigenvalue weighted by Gasteiger charge is 2.26. The van der Waals surface area contributed by atoms with Gasteiger partial charge in [0.2, 0.25) is 5.90 Å². The van der Waals surface area contributed by atoms with E-state index in [1.807, 2.05) is 0 Å². The number of ether oxygens (including phenoxy) is 3. The van der Waals surface area contributed by atoms with Crippen molar-refractivity contribution in [1.29, 1.82) is 0 Å². The molecule has 0 aromatic heterocycles. The van der Waals surface area contributed by atoms with Crippen LogP contribution < -0.4 is 9.47 Å². The number of cyclic esters (lactones) is 1. The highest BCUT2D eigenvalue weighted by atomic mass is 35.5. The normalized spacial score (nSPS) is 14.0. The smallest absolute Gasteiger partial charge is 0.363 e. The Labute approximate surface area is 198 Å². The van der Waals surface area contributed by atoms with Gasteiger partial charge in [0.05, 0.1) is 12.0 Å². The first-order chi connectivity index (χ1) is 16.3. The summed E-state index contributed by atoms with van der Waals surface area (Å²) in [6, 6.07) is 15.0. The van der Waals surface area contributed by atoms with Crippen LogP contribution in [-0.2, 0) is 16.1 Å². The van der Waals surface area contributed by atoms with Crippen molar-refractivity contribution in [3.8, 4) is 11.5 Å². The zero-order chi connectivity index (χ0) is 24.2. The van der Waals surface area contributed by atoms with E-state index in [1.165, 1.54) is 43.5 Å². The molecule has 0 N–H and O–H groups in total. The summed E-state index contributed by atoms with van der Waals surface area (Å²) in [7, 11) is 1.47. The lowest BCUT2D eigenvalue weighted by molar-refractivity contribution is -0.384. The summed E-state index contributed by atoms with van der Waals surface area (Å²) < 4.78 is 29.6. The molecular weight excluding hydrogens is 467 g/mol. The third kappa shape index (κ3) is 5.05. The number of nitrogens with zero attached hydrogens (tertiary/aromatic N) is 2. The fraction of sp³-hybridized carbons (Fsp3) is 0.0833. The van der Waals surface area contributed by atoms with Gasteiger partial charge in [-0.05, 0) is 53.6 Å². The van der Waals surface area contributed by atoms with Crippen LogP contribution in [0.1, 0.15) is 16.7 Å². The Morgan fingerprint density at radius 1 is 1.15 bits per heavy atom. The third-order valence-corrected chi connectivity index (χ3v) is 5.10. The van der Waals surface area contributed by atoms with E-state index in [1.54, 1.807) is 30.3 Å². The minimum absolute atomic E-state index is 0.00286. The van der Waals surface area contributed by atoms with Gasteiger partial charge in [-0.25, -0.2) is 14.2 Å². The van der Waals surface area contributed by atoms with Crippen LogP contribution in [0.5, 0.6) is 11.5 Å². The Hall–Kier alpha value is -4.24. The monoisotopic (exact) mass is 482 g/mol. The number of esters is 1. The minimum atomic E-state index is -0.710. The molecule has 3 aromatic carbocycles. The van der Waals surface area contributed by atoms with Crippen LogP contribution in [0.3, 0.4) is 0 Å². The number of carbonyl (C=O) groups is 1. The van der Waals surface area contributed by atoms with Crippen molar-refractivity contribution in [3.05, 3.63) is 104 Å². The quantitative estimate of drug-likeness (QED) is 0.195. The first-order valence-electron chi connectivity index (χ1n) is 9.86. The third-order valence-electron chi connectivity index (χ3n) is 4.78. The lowest BCUT2D eigenvalue weighted by atomic mass is 10.1. The van der Waals surface area contributed by atoms with E-state index in [0.717, 1.165) is 0 Å². The zero-order valence-electron chi connectivity index (χ0n) is 17.7. The lowest BCUT2D eigenvalue weighted by Gasteiger charge is -2.11. The molecule has 0 amide bonds. The summed E-state index contributed by atoms with van der Waals surface area (Å²) in [4.78, 5) is 26.9. The van der Waals surface area contributed by atoms with Gasteiger partial charge in [0.25, 0.3) is 5.69 Å². The van der Waals surface area contributed by atoms with Crippen LogP contribution in [0.25, 0.3) is 6.08 Å². The van der Waals surface area contributed by atoms with Crippen molar-refractivity contribution in [2.45, 2.75) is 6.61 Å². The van der Waals surface area contributed by atoms with Gasteiger partial charge in [-0.3, -0.25) is 10.1 Å². The Morgan fingerprint density at radius 2 is 1.97 bits per heavy atom. The first-order valence-corrected chi connectivity index (χ1v) is 10.2. The maximum atomic E-state index is 13.4. The SMILES string of the molecule is COc1cc(/C=C2\N=C(c3ccc(Cl)c([N+](=O)[O-])c3)OC2=O)ccc1OCc1cccc(F)c1.